The minimum absolute atomic E-state index is 0.243. The standard InChI is InChI=1S/C20H18N6O/c1-13-3-7-15(8-4-13)20(27)25-24-18-17-11-23-26(19(17)22-12-21-18)16-9-5-14(2)6-10-16/h3-12H,1-2H3,(H,25,27)(H,21,22,24). The average Bonchev–Trinajstić information content (AvgIpc) is 3.12. The third kappa shape index (κ3) is 3.35. The number of aryl methyl sites for hydroxylation is 2. The number of benzene rings is 2. The maximum Gasteiger partial charge on any atom is 0.269 e. The number of amides is 1. The van der Waals surface area contributed by atoms with Crippen LogP contribution in [0.25, 0.3) is 16.7 Å². The summed E-state index contributed by atoms with van der Waals surface area (Å²) in [6.07, 6.45) is 3.12. The lowest BCUT2D eigenvalue weighted by Crippen LogP contribution is -2.29. The molecule has 4 rings (SSSR count). The SMILES string of the molecule is Cc1ccc(C(=O)NNc2ncnc3c2cnn3-c2ccc(C)cc2)cc1. The third-order valence-corrected chi connectivity index (χ3v) is 4.25. The smallest absolute Gasteiger partial charge is 0.269 e. The van der Waals surface area contributed by atoms with Crippen molar-refractivity contribution in [3.8, 4) is 5.69 Å². The van der Waals surface area contributed by atoms with E-state index in [0.29, 0.717) is 22.4 Å². The maximum absolute atomic E-state index is 12.3. The Morgan fingerprint density at radius 3 is 2.30 bits per heavy atom. The molecule has 0 aliphatic carbocycles. The Labute approximate surface area is 156 Å². The van der Waals surface area contributed by atoms with Crippen LogP contribution in [0.5, 0.6) is 0 Å². The number of hydrogen-bond donors (Lipinski definition) is 2. The Hall–Kier alpha value is -3.74. The number of anilines is 1. The van der Waals surface area contributed by atoms with E-state index in [-0.39, 0.29) is 5.91 Å². The van der Waals surface area contributed by atoms with Crippen LogP contribution in [0, 0.1) is 13.8 Å². The number of fused-ring (bicyclic) bond motifs is 1. The average molecular weight is 358 g/mol. The van der Waals surface area contributed by atoms with E-state index < -0.39 is 0 Å². The van der Waals surface area contributed by atoms with Gasteiger partial charge in [-0.3, -0.25) is 15.6 Å². The summed E-state index contributed by atoms with van der Waals surface area (Å²) in [6.45, 7) is 4.01. The summed E-state index contributed by atoms with van der Waals surface area (Å²) in [6, 6.07) is 15.3. The van der Waals surface area contributed by atoms with E-state index >= 15 is 0 Å². The number of nitrogens with one attached hydrogen (secondary N) is 2. The number of carbonyl (C=O) groups excluding carboxylic acids is 1. The summed E-state index contributed by atoms with van der Waals surface area (Å²) < 4.78 is 1.74. The zero-order chi connectivity index (χ0) is 18.8. The van der Waals surface area contributed by atoms with E-state index in [1.165, 1.54) is 11.9 Å². The van der Waals surface area contributed by atoms with Crippen molar-refractivity contribution >= 4 is 22.8 Å². The van der Waals surface area contributed by atoms with Gasteiger partial charge in [0.05, 0.1) is 17.3 Å². The fourth-order valence-corrected chi connectivity index (χ4v) is 2.71. The Bertz CT molecular complexity index is 1100. The number of hydrogen-bond acceptors (Lipinski definition) is 5. The van der Waals surface area contributed by atoms with Crippen LogP contribution in [0.2, 0.25) is 0 Å². The van der Waals surface area contributed by atoms with E-state index in [1.807, 2.05) is 50.2 Å². The van der Waals surface area contributed by atoms with Crippen molar-refractivity contribution in [2.24, 2.45) is 0 Å². The second-order valence-electron chi connectivity index (χ2n) is 6.30. The van der Waals surface area contributed by atoms with Crippen molar-refractivity contribution in [3.63, 3.8) is 0 Å². The van der Waals surface area contributed by atoms with Crippen molar-refractivity contribution in [2.75, 3.05) is 5.43 Å². The molecule has 0 atom stereocenters. The van der Waals surface area contributed by atoms with E-state index in [2.05, 4.69) is 25.9 Å². The topological polar surface area (TPSA) is 84.7 Å². The van der Waals surface area contributed by atoms with Gasteiger partial charge in [0.25, 0.3) is 5.91 Å². The lowest BCUT2D eigenvalue weighted by molar-refractivity contribution is 0.0962. The predicted molar refractivity (Wildman–Crippen MR) is 104 cm³/mol. The van der Waals surface area contributed by atoms with Crippen LogP contribution in [0.4, 0.5) is 5.82 Å². The summed E-state index contributed by atoms with van der Waals surface area (Å²) >= 11 is 0. The number of aromatic nitrogens is 4. The second-order valence-corrected chi connectivity index (χ2v) is 6.30. The van der Waals surface area contributed by atoms with Crippen molar-refractivity contribution in [3.05, 3.63) is 77.7 Å². The molecule has 0 radical (unpaired) electrons. The van der Waals surface area contributed by atoms with Gasteiger partial charge in [-0.05, 0) is 38.1 Å². The molecule has 2 N–H and O–H groups in total. The van der Waals surface area contributed by atoms with E-state index in [4.69, 9.17) is 0 Å². The molecule has 4 aromatic rings. The first kappa shape index (κ1) is 16.7. The molecule has 0 unspecified atom stereocenters. The van der Waals surface area contributed by atoms with Crippen LogP contribution in [0.15, 0.2) is 61.1 Å². The van der Waals surface area contributed by atoms with Crippen LogP contribution in [-0.2, 0) is 0 Å². The molecular formula is C20H18N6O. The molecule has 0 bridgehead atoms. The van der Waals surface area contributed by atoms with Gasteiger partial charge in [0, 0.05) is 5.56 Å². The summed E-state index contributed by atoms with van der Waals surface area (Å²) in [5.41, 5.74) is 9.93. The monoisotopic (exact) mass is 358 g/mol. The van der Waals surface area contributed by atoms with E-state index in [9.17, 15) is 4.79 Å². The molecule has 0 saturated carbocycles. The van der Waals surface area contributed by atoms with Crippen LogP contribution < -0.4 is 10.9 Å². The summed E-state index contributed by atoms with van der Waals surface area (Å²) in [5.74, 6) is 0.242. The van der Waals surface area contributed by atoms with Crippen LogP contribution in [0.1, 0.15) is 21.5 Å². The van der Waals surface area contributed by atoms with Gasteiger partial charge in [0.15, 0.2) is 11.5 Å². The molecule has 1 amide bonds. The number of rotatable bonds is 4. The van der Waals surface area contributed by atoms with Gasteiger partial charge < -0.3 is 0 Å². The Balaban J connectivity index is 1.58. The molecule has 134 valence electrons. The highest BCUT2D eigenvalue weighted by atomic mass is 16.2. The molecule has 2 aromatic carbocycles. The van der Waals surface area contributed by atoms with Crippen LogP contribution in [-0.4, -0.2) is 25.7 Å². The third-order valence-electron chi connectivity index (χ3n) is 4.25. The van der Waals surface area contributed by atoms with Crippen molar-refractivity contribution in [2.45, 2.75) is 13.8 Å². The minimum Gasteiger partial charge on any atom is -0.281 e. The Morgan fingerprint density at radius 2 is 1.59 bits per heavy atom. The zero-order valence-corrected chi connectivity index (χ0v) is 15.0. The van der Waals surface area contributed by atoms with Gasteiger partial charge in [-0.2, -0.15) is 5.10 Å². The molecule has 0 spiro atoms. The zero-order valence-electron chi connectivity index (χ0n) is 15.0. The summed E-state index contributed by atoms with van der Waals surface area (Å²) in [7, 11) is 0. The summed E-state index contributed by atoms with van der Waals surface area (Å²) in [5, 5.41) is 5.12. The molecule has 0 saturated heterocycles. The molecule has 2 aromatic heterocycles. The van der Waals surface area contributed by atoms with Crippen molar-refractivity contribution in [1.29, 1.82) is 0 Å². The highest BCUT2D eigenvalue weighted by Crippen LogP contribution is 2.21. The fourth-order valence-electron chi connectivity index (χ4n) is 2.71. The molecule has 7 nitrogen and oxygen atoms in total. The minimum atomic E-state index is -0.243. The largest absolute Gasteiger partial charge is 0.281 e. The van der Waals surface area contributed by atoms with Crippen molar-refractivity contribution in [1.82, 2.24) is 25.2 Å². The number of hydrazine groups is 1. The van der Waals surface area contributed by atoms with Gasteiger partial charge in [-0.15, -0.1) is 0 Å². The lowest BCUT2D eigenvalue weighted by Gasteiger charge is -2.09. The normalized spacial score (nSPS) is 10.7. The molecule has 2 heterocycles. The molecule has 7 heteroatoms. The Kier molecular flexibility index (Phi) is 4.25. The van der Waals surface area contributed by atoms with Gasteiger partial charge in [0.2, 0.25) is 0 Å². The molecule has 27 heavy (non-hydrogen) atoms. The highest BCUT2D eigenvalue weighted by molar-refractivity contribution is 5.96. The molecule has 0 aliphatic rings. The second kappa shape index (κ2) is 6.87. The first-order valence-electron chi connectivity index (χ1n) is 8.50. The maximum atomic E-state index is 12.3. The van der Waals surface area contributed by atoms with E-state index in [1.54, 1.807) is 23.0 Å². The Morgan fingerprint density at radius 1 is 0.926 bits per heavy atom. The molecule has 0 fully saturated rings. The summed E-state index contributed by atoms with van der Waals surface area (Å²) in [4.78, 5) is 20.8. The van der Waals surface area contributed by atoms with E-state index in [0.717, 1.165) is 11.3 Å². The molecular weight excluding hydrogens is 340 g/mol. The van der Waals surface area contributed by atoms with Gasteiger partial charge >= 0.3 is 0 Å². The fraction of sp³-hybridized carbons (Fsp3) is 0.100. The van der Waals surface area contributed by atoms with Crippen LogP contribution >= 0.6 is 0 Å². The number of nitrogens with zero attached hydrogens (tertiary/aromatic N) is 4. The van der Waals surface area contributed by atoms with Gasteiger partial charge in [-0.1, -0.05) is 35.4 Å². The van der Waals surface area contributed by atoms with Crippen molar-refractivity contribution < 1.29 is 4.79 Å². The predicted octanol–water partition coefficient (Wildman–Crippen LogP) is 3.19. The number of carbonyl (C=O) groups is 1. The quantitative estimate of drug-likeness (QED) is 0.547. The van der Waals surface area contributed by atoms with Gasteiger partial charge in [0.1, 0.15) is 6.33 Å². The highest BCUT2D eigenvalue weighted by Gasteiger charge is 2.12. The molecule has 0 aliphatic heterocycles. The van der Waals surface area contributed by atoms with Crippen LogP contribution in [0.3, 0.4) is 0 Å². The lowest BCUT2D eigenvalue weighted by atomic mass is 10.1. The van der Waals surface area contributed by atoms with Gasteiger partial charge in [-0.25, -0.2) is 14.6 Å². The first-order valence-corrected chi connectivity index (χ1v) is 8.50. The first-order chi connectivity index (χ1) is 13.1.